The molecule has 1 aromatic carbocycles. The number of aryl methyl sites for hydroxylation is 1. The molecule has 0 fully saturated rings. The van der Waals surface area contributed by atoms with Crippen molar-refractivity contribution in [3.05, 3.63) is 57.1 Å². The average Bonchev–Trinajstić information content (AvgIpc) is 2.75. The Kier molecular flexibility index (Phi) is 3.25. The summed E-state index contributed by atoms with van der Waals surface area (Å²) in [6.45, 7) is 1.90. The van der Waals surface area contributed by atoms with Crippen LogP contribution >= 0.6 is 0 Å². The van der Waals surface area contributed by atoms with Crippen LogP contribution in [0.25, 0.3) is 5.69 Å². The predicted molar refractivity (Wildman–Crippen MR) is 77.0 cm³/mol. The maximum absolute atomic E-state index is 13.7. The van der Waals surface area contributed by atoms with Gasteiger partial charge in [-0.05, 0) is 43.9 Å². The summed E-state index contributed by atoms with van der Waals surface area (Å²) in [4.78, 5) is 10.3. The zero-order valence-corrected chi connectivity index (χ0v) is 11.7. The Bertz CT molecular complexity index is 724. The minimum Gasteiger partial charge on any atom is -0.324 e. The number of hydrogen-bond acceptors (Lipinski definition) is 3. The molecule has 0 saturated heterocycles. The van der Waals surface area contributed by atoms with E-state index in [0.29, 0.717) is 5.69 Å². The van der Waals surface area contributed by atoms with E-state index >= 15 is 0 Å². The number of non-ortho nitro benzene ring substituents is 1. The SMILES string of the molecule is Cc1cc2c(n1-c1cc(F)cc([N+](=O)[O-])c1)CCCC2N. The van der Waals surface area contributed by atoms with E-state index in [1.807, 2.05) is 17.6 Å². The predicted octanol–water partition coefficient (Wildman–Crippen LogP) is 3.17. The number of benzene rings is 1. The maximum atomic E-state index is 13.7. The minimum absolute atomic E-state index is 0.0164. The van der Waals surface area contributed by atoms with Crippen LogP contribution in [-0.4, -0.2) is 9.49 Å². The molecule has 0 saturated carbocycles. The Hall–Kier alpha value is -2.21. The number of nitro groups is 1. The Balaban J connectivity index is 2.19. The van der Waals surface area contributed by atoms with E-state index in [-0.39, 0.29) is 11.7 Å². The second-order valence-electron chi connectivity index (χ2n) is 5.45. The standard InChI is InChI=1S/C15H16FN3O2/c1-9-5-13-14(17)3-2-4-15(13)18(9)11-6-10(16)7-12(8-11)19(20)21/h5-8,14H,2-4,17H2,1H3. The molecule has 0 radical (unpaired) electrons. The maximum Gasteiger partial charge on any atom is 0.274 e. The largest absolute Gasteiger partial charge is 0.324 e. The topological polar surface area (TPSA) is 74.1 Å². The molecular formula is C15H16FN3O2. The Morgan fingerprint density at radius 3 is 2.86 bits per heavy atom. The zero-order valence-electron chi connectivity index (χ0n) is 11.7. The Labute approximate surface area is 121 Å². The number of rotatable bonds is 2. The molecule has 1 aromatic heterocycles. The molecule has 2 aromatic rings. The van der Waals surface area contributed by atoms with E-state index < -0.39 is 10.7 Å². The van der Waals surface area contributed by atoms with E-state index in [1.165, 1.54) is 12.1 Å². The first kappa shape index (κ1) is 13.8. The molecule has 3 rings (SSSR count). The molecule has 1 atom stereocenters. The van der Waals surface area contributed by atoms with Crippen LogP contribution in [0.3, 0.4) is 0 Å². The molecule has 0 spiro atoms. The first-order valence-corrected chi connectivity index (χ1v) is 6.89. The second kappa shape index (κ2) is 4.96. The van der Waals surface area contributed by atoms with Gasteiger partial charge in [-0.3, -0.25) is 10.1 Å². The van der Waals surface area contributed by atoms with Crippen LogP contribution in [-0.2, 0) is 6.42 Å². The minimum atomic E-state index is -0.610. The van der Waals surface area contributed by atoms with E-state index in [2.05, 4.69) is 0 Å². The number of hydrogen-bond donors (Lipinski definition) is 1. The molecule has 21 heavy (non-hydrogen) atoms. The quantitative estimate of drug-likeness (QED) is 0.681. The number of fused-ring (bicyclic) bond motifs is 1. The summed E-state index contributed by atoms with van der Waals surface area (Å²) in [7, 11) is 0. The van der Waals surface area contributed by atoms with E-state index in [0.717, 1.165) is 42.3 Å². The van der Waals surface area contributed by atoms with E-state index in [4.69, 9.17) is 5.73 Å². The molecule has 2 N–H and O–H groups in total. The zero-order chi connectivity index (χ0) is 15.1. The summed E-state index contributed by atoms with van der Waals surface area (Å²) in [6, 6.07) is 5.63. The third kappa shape index (κ3) is 2.31. The van der Waals surface area contributed by atoms with Crippen molar-refractivity contribution in [2.24, 2.45) is 5.73 Å². The van der Waals surface area contributed by atoms with Crippen LogP contribution in [0.15, 0.2) is 24.3 Å². The fraction of sp³-hybridized carbons (Fsp3) is 0.333. The van der Waals surface area contributed by atoms with Crippen LogP contribution in [0, 0.1) is 22.9 Å². The molecule has 1 aliphatic rings. The number of aromatic nitrogens is 1. The summed E-state index contributed by atoms with van der Waals surface area (Å²) < 4.78 is 15.6. The van der Waals surface area contributed by atoms with Crippen LogP contribution in [0.1, 0.15) is 35.8 Å². The van der Waals surface area contributed by atoms with Crippen molar-refractivity contribution in [1.82, 2.24) is 4.57 Å². The van der Waals surface area contributed by atoms with Crippen LogP contribution in [0.5, 0.6) is 0 Å². The van der Waals surface area contributed by atoms with Gasteiger partial charge in [0.15, 0.2) is 0 Å². The smallest absolute Gasteiger partial charge is 0.274 e. The van der Waals surface area contributed by atoms with Crippen molar-refractivity contribution in [3.63, 3.8) is 0 Å². The molecule has 1 unspecified atom stereocenters. The van der Waals surface area contributed by atoms with Gasteiger partial charge < -0.3 is 10.3 Å². The summed E-state index contributed by atoms with van der Waals surface area (Å²) >= 11 is 0. The lowest BCUT2D eigenvalue weighted by molar-refractivity contribution is -0.385. The van der Waals surface area contributed by atoms with Gasteiger partial charge in [0.25, 0.3) is 5.69 Å². The second-order valence-corrected chi connectivity index (χ2v) is 5.45. The molecule has 5 nitrogen and oxygen atoms in total. The van der Waals surface area contributed by atoms with Gasteiger partial charge in [0.1, 0.15) is 5.82 Å². The molecule has 6 heteroatoms. The van der Waals surface area contributed by atoms with Gasteiger partial charge in [-0.2, -0.15) is 0 Å². The summed E-state index contributed by atoms with van der Waals surface area (Å²) in [6.07, 6.45) is 2.75. The highest BCUT2D eigenvalue weighted by Gasteiger charge is 2.23. The molecule has 0 amide bonds. The highest BCUT2D eigenvalue weighted by atomic mass is 19.1. The molecule has 110 valence electrons. The van der Waals surface area contributed by atoms with Crippen molar-refractivity contribution in [1.29, 1.82) is 0 Å². The molecule has 0 bridgehead atoms. The highest BCUT2D eigenvalue weighted by molar-refractivity contribution is 5.49. The summed E-state index contributed by atoms with van der Waals surface area (Å²) in [5.41, 5.74) is 9.36. The normalized spacial score (nSPS) is 17.6. The van der Waals surface area contributed by atoms with Gasteiger partial charge >= 0.3 is 0 Å². The Morgan fingerprint density at radius 2 is 2.14 bits per heavy atom. The van der Waals surface area contributed by atoms with Gasteiger partial charge in [-0.15, -0.1) is 0 Å². The number of nitrogens with zero attached hydrogens (tertiary/aromatic N) is 2. The van der Waals surface area contributed by atoms with Crippen molar-refractivity contribution >= 4 is 5.69 Å². The van der Waals surface area contributed by atoms with Crippen LogP contribution in [0.2, 0.25) is 0 Å². The average molecular weight is 289 g/mol. The third-order valence-electron chi connectivity index (χ3n) is 3.98. The third-order valence-corrected chi connectivity index (χ3v) is 3.98. The Morgan fingerprint density at radius 1 is 1.38 bits per heavy atom. The van der Waals surface area contributed by atoms with Crippen molar-refractivity contribution < 1.29 is 9.31 Å². The summed E-state index contributed by atoms with van der Waals surface area (Å²) in [5.74, 6) is -0.610. The van der Waals surface area contributed by atoms with Gasteiger partial charge in [0, 0.05) is 23.5 Å². The first-order chi connectivity index (χ1) is 9.97. The van der Waals surface area contributed by atoms with Crippen LogP contribution < -0.4 is 5.73 Å². The van der Waals surface area contributed by atoms with Crippen LogP contribution in [0.4, 0.5) is 10.1 Å². The van der Waals surface area contributed by atoms with Gasteiger partial charge in [0.2, 0.25) is 0 Å². The lowest BCUT2D eigenvalue weighted by Crippen LogP contribution is -2.18. The summed E-state index contributed by atoms with van der Waals surface area (Å²) in [5, 5.41) is 10.9. The first-order valence-electron chi connectivity index (χ1n) is 6.89. The number of nitro benzene ring substituents is 1. The van der Waals surface area contributed by atoms with Crippen molar-refractivity contribution in [2.75, 3.05) is 0 Å². The molecular weight excluding hydrogens is 273 g/mol. The highest BCUT2D eigenvalue weighted by Crippen LogP contribution is 2.33. The molecule has 0 aliphatic heterocycles. The number of nitrogens with two attached hydrogens (primary N) is 1. The monoisotopic (exact) mass is 289 g/mol. The van der Waals surface area contributed by atoms with Crippen molar-refractivity contribution in [2.45, 2.75) is 32.2 Å². The lowest BCUT2D eigenvalue weighted by atomic mass is 9.93. The number of halogens is 1. The fourth-order valence-corrected chi connectivity index (χ4v) is 3.09. The van der Waals surface area contributed by atoms with Gasteiger partial charge in [0.05, 0.1) is 16.7 Å². The molecule has 1 aliphatic carbocycles. The lowest BCUT2D eigenvalue weighted by Gasteiger charge is -2.21. The fourth-order valence-electron chi connectivity index (χ4n) is 3.09. The van der Waals surface area contributed by atoms with E-state index in [9.17, 15) is 14.5 Å². The van der Waals surface area contributed by atoms with Gasteiger partial charge in [-0.1, -0.05) is 0 Å². The molecule has 1 heterocycles. The van der Waals surface area contributed by atoms with Gasteiger partial charge in [-0.25, -0.2) is 4.39 Å². The van der Waals surface area contributed by atoms with Crippen molar-refractivity contribution in [3.8, 4) is 5.69 Å². The van der Waals surface area contributed by atoms with E-state index in [1.54, 1.807) is 0 Å².